The first-order chi connectivity index (χ1) is 3.46. The summed E-state index contributed by atoms with van der Waals surface area (Å²) in [5.41, 5.74) is 2.67. The average molecular weight is 290 g/mol. The number of hydrogen-bond acceptors (Lipinski definition) is 2. The summed E-state index contributed by atoms with van der Waals surface area (Å²) in [5.74, 6) is 0. The van der Waals surface area contributed by atoms with Gasteiger partial charge in [-0.15, -0.1) is 0 Å². The molecule has 7 heteroatoms. The molecule has 4 nitrogen and oxygen atoms in total. The van der Waals surface area contributed by atoms with Crippen LogP contribution in [0.3, 0.4) is 0 Å². The van der Waals surface area contributed by atoms with Gasteiger partial charge in [0.15, 0.2) is 0 Å². The molecular formula is C2H12As2CaO4. The third kappa shape index (κ3) is 172. The molecule has 0 spiro atoms. The zero-order valence-corrected chi connectivity index (χ0v) is 8.91. The molecule has 0 radical (unpaired) electrons. The van der Waals surface area contributed by atoms with E-state index in [2.05, 4.69) is 0 Å². The van der Waals surface area contributed by atoms with Gasteiger partial charge in [0, 0.05) is 0 Å². The van der Waals surface area contributed by atoms with Gasteiger partial charge in [0.25, 0.3) is 0 Å². The minimum atomic E-state index is -2.58. The van der Waals surface area contributed by atoms with Crippen molar-refractivity contribution >= 4 is 67.6 Å². The van der Waals surface area contributed by atoms with Crippen molar-refractivity contribution in [2.75, 3.05) is 0 Å². The predicted molar refractivity (Wildman–Crippen MR) is 40.4 cm³/mol. The minimum absolute atomic E-state index is 0. The molecule has 0 bridgehead atoms. The molecule has 0 amide bonds. The van der Waals surface area contributed by atoms with Crippen LogP contribution in [0.1, 0.15) is 0 Å². The molecule has 0 aromatic carbocycles. The molecule has 0 aliphatic carbocycles. The zero-order chi connectivity index (χ0) is 7.15. The molecule has 2 atom stereocenters. The molecule has 0 saturated carbocycles. The Hall–Kier alpha value is 1.90. The van der Waals surface area contributed by atoms with Gasteiger partial charge in [-0.2, -0.15) is 0 Å². The normalized spacial score (nSPS) is 13.8. The van der Waals surface area contributed by atoms with Crippen molar-refractivity contribution in [1.29, 1.82) is 0 Å². The maximum absolute atomic E-state index is 9.25. The summed E-state index contributed by atoms with van der Waals surface area (Å²) in [6.45, 7) is 0. The van der Waals surface area contributed by atoms with Crippen LogP contribution in [0.4, 0.5) is 0 Å². The van der Waals surface area contributed by atoms with E-state index in [9.17, 15) is 7.48 Å². The molecule has 56 valence electrons. The van der Waals surface area contributed by atoms with Gasteiger partial charge in [0.05, 0.1) is 0 Å². The third-order valence-electron chi connectivity index (χ3n) is 0. The third-order valence-corrected chi connectivity index (χ3v) is 0. The second-order valence-electron chi connectivity index (χ2n) is 1.04. The first kappa shape index (κ1) is 17.1. The van der Waals surface area contributed by atoms with E-state index < -0.39 is 29.9 Å². The summed E-state index contributed by atoms with van der Waals surface area (Å²) >= 11 is -5.17. The van der Waals surface area contributed by atoms with Crippen LogP contribution < -0.4 is 0 Å². The van der Waals surface area contributed by atoms with E-state index >= 15 is 0 Å². The summed E-state index contributed by atoms with van der Waals surface area (Å²) in [6.07, 6.45) is 0. The topological polar surface area (TPSA) is 74.6 Å². The SMILES string of the molecule is C[AsH](=O)O.C[AsH](=O)O.[CaH2]. The molecule has 9 heavy (non-hydrogen) atoms. The average Bonchev–Trinajstić information content (AvgIpc) is 1.25. The van der Waals surface area contributed by atoms with Gasteiger partial charge in [-0.05, 0) is 0 Å². The van der Waals surface area contributed by atoms with Crippen LogP contribution in [0.5, 0.6) is 0 Å². The van der Waals surface area contributed by atoms with E-state index in [1.807, 2.05) is 0 Å². The monoisotopic (exact) mass is 290 g/mol. The molecule has 0 aromatic heterocycles. The first-order valence-electron chi connectivity index (χ1n) is 1.86. The molecule has 0 aliphatic heterocycles. The van der Waals surface area contributed by atoms with Crippen molar-refractivity contribution in [2.45, 2.75) is 11.4 Å². The Bertz CT molecular complexity index is 74.6. The van der Waals surface area contributed by atoms with Crippen LogP contribution in [-0.4, -0.2) is 75.8 Å². The number of rotatable bonds is 0. The van der Waals surface area contributed by atoms with Crippen molar-refractivity contribution in [1.82, 2.24) is 0 Å². The van der Waals surface area contributed by atoms with E-state index in [4.69, 9.17) is 8.19 Å². The van der Waals surface area contributed by atoms with Crippen LogP contribution in [0, 0.1) is 0 Å². The molecule has 0 rings (SSSR count). The van der Waals surface area contributed by atoms with E-state index in [1.54, 1.807) is 0 Å². The van der Waals surface area contributed by atoms with E-state index in [0.717, 1.165) is 0 Å². The van der Waals surface area contributed by atoms with E-state index in [1.165, 1.54) is 11.4 Å². The summed E-state index contributed by atoms with van der Waals surface area (Å²) in [5, 5.41) is 0. The second kappa shape index (κ2) is 12.6. The molecule has 2 unspecified atom stereocenters. The Morgan fingerprint density at radius 2 is 1.00 bits per heavy atom. The summed E-state index contributed by atoms with van der Waals surface area (Å²) in [4.78, 5) is 0. The first-order valence-corrected chi connectivity index (χ1v) is 9.64. The molecule has 0 aromatic rings. The van der Waals surface area contributed by atoms with Crippen LogP contribution in [0.25, 0.3) is 0 Å². The van der Waals surface area contributed by atoms with Crippen molar-refractivity contribution < 1.29 is 15.7 Å². The van der Waals surface area contributed by atoms with Crippen molar-refractivity contribution in [3.05, 3.63) is 0 Å². The van der Waals surface area contributed by atoms with Crippen molar-refractivity contribution in [3.63, 3.8) is 0 Å². The van der Waals surface area contributed by atoms with Gasteiger partial charge in [-0.1, -0.05) is 0 Å². The van der Waals surface area contributed by atoms with Gasteiger partial charge in [-0.3, -0.25) is 0 Å². The van der Waals surface area contributed by atoms with Gasteiger partial charge in [0.2, 0.25) is 0 Å². The Kier molecular flexibility index (Phi) is 23.9. The fourth-order valence-corrected chi connectivity index (χ4v) is 0. The standard InChI is InChI=1S/2CH5AsO2.Ca.2H/c2*1-2(3)4;;;/h2*2H,1H3,(H,3,4);;;. The quantitative estimate of drug-likeness (QED) is 0.488. The van der Waals surface area contributed by atoms with Crippen LogP contribution in [0.2, 0.25) is 11.4 Å². The van der Waals surface area contributed by atoms with Crippen molar-refractivity contribution in [3.8, 4) is 0 Å². The Morgan fingerprint density at radius 3 is 1.00 bits per heavy atom. The summed E-state index contributed by atoms with van der Waals surface area (Å²) in [7, 11) is 0. The van der Waals surface area contributed by atoms with Crippen LogP contribution in [-0.2, 0) is 7.48 Å². The molecule has 0 heterocycles. The Balaban J connectivity index is -0.0000000720. The van der Waals surface area contributed by atoms with Crippen molar-refractivity contribution in [2.24, 2.45) is 0 Å². The molecule has 2 N–H and O–H groups in total. The second-order valence-corrected chi connectivity index (χ2v) is 5.39. The fourth-order valence-electron chi connectivity index (χ4n) is 0. The maximum atomic E-state index is 9.25. The van der Waals surface area contributed by atoms with Gasteiger partial charge >= 0.3 is 94.7 Å². The van der Waals surface area contributed by atoms with Crippen LogP contribution in [0.15, 0.2) is 0 Å². The fraction of sp³-hybridized carbons (Fsp3) is 1.00. The Morgan fingerprint density at radius 1 is 1.00 bits per heavy atom. The van der Waals surface area contributed by atoms with E-state index in [0.29, 0.717) is 0 Å². The van der Waals surface area contributed by atoms with Gasteiger partial charge < -0.3 is 0 Å². The Labute approximate surface area is 93.3 Å². The van der Waals surface area contributed by atoms with E-state index in [-0.39, 0.29) is 37.7 Å². The molecule has 0 saturated heterocycles. The predicted octanol–water partition coefficient (Wildman–Crippen LogP) is -2.40. The van der Waals surface area contributed by atoms with Crippen LogP contribution >= 0.6 is 0 Å². The van der Waals surface area contributed by atoms with Gasteiger partial charge in [0.1, 0.15) is 0 Å². The number of hydrogen-bond donors (Lipinski definition) is 2. The molecular weight excluding hydrogens is 278 g/mol. The summed E-state index contributed by atoms with van der Waals surface area (Å²) < 4.78 is 33.8. The van der Waals surface area contributed by atoms with Gasteiger partial charge in [-0.25, -0.2) is 0 Å². The zero-order valence-electron chi connectivity index (χ0n) is 4.71. The summed E-state index contributed by atoms with van der Waals surface area (Å²) in [6, 6.07) is 0. The molecule has 0 fully saturated rings. The molecule has 0 aliphatic rings.